The van der Waals surface area contributed by atoms with Crippen molar-refractivity contribution in [1.82, 2.24) is 19.3 Å². The van der Waals surface area contributed by atoms with Crippen LogP contribution in [0.25, 0.3) is 0 Å². The number of esters is 1. The first kappa shape index (κ1) is 28.3. The van der Waals surface area contributed by atoms with E-state index < -0.39 is 22.1 Å². The molecule has 0 bridgehead atoms. The number of carbonyl (C=O) groups excluding carboxylic acids is 1. The molecule has 0 saturated carbocycles. The van der Waals surface area contributed by atoms with E-state index in [9.17, 15) is 14.1 Å². The van der Waals surface area contributed by atoms with Crippen molar-refractivity contribution < 1.29 is 14.1 Å². The molecule has 1 N–H and O–H groups in total. The monoisotopic (exact) mass is 578 g/mol. The van der Waals surface area contributed by atoms with Gasteiger partial charge >= 0.3 is 5.97 Å². The molecule has 0 saturated heterocycles. The fraction of sp³-hybridized carbons (Fsp3) is 0.619. The predicted octanol–water partition coefficient (Wildman–Crippen LogP) is 4.09. The first-order valence-corrected chi connectivity index (χ1v) is 14.5. The topological polar surface area (TPSA) is 109 Å². The Morgan fingerprint density at radius 3 is 2.55 bits per heavy atom. The SMILES string of the molecule is CCOC(=O)Cn1c(SC)nc(CCC(N[S+]([O-])C(C)(C)C)c2sc(C)nc2C)c(Br)c1=O. The Balaban J connectivity index is 2.34. The number of thiazole rings is 1. The number of hydrogen-bond acceptors (Lipinski definition) is 9. The van der Waals surface area contributed by atoms with Gasteiger partial charge in [-0.05, 0) is 76.6 Å². The molecule has 0 aliphatic carbocycles. The molecule has 0 aliphatic heterocycles. The quantitative estimate of drug-likeness (QED) is 0.194. The lowest BCUT2D eigenvalue weighted by molar-refractivity contribution is -0.144. The molecule has 2 aromatic rings. The van der Waals surface area contributed by atoms with Gasteiger partial charge in [-0.2, -0.15) is 0 Å². The van der Waals surface area contributed by atoms with Crippen molar-refractivity contribution in [2.75, 3.05) is 12.9 Å². The summed E-state index contributed by atoms with van der Waals surface area (Å²) in [6.07, 6.45) is 2.85. The van der Waals surface area contributed by atoms with Gasteiger partial charge in [0, 0.05) is 16.2 Å². The van der Waals surface area contributed by atoms with E-state index in [1.165, 1.54) is 16.3 Å². The van der Waals surface area contributed by atoms with Gasteiger partial charge in [-0.15, -0.1) is 16.1 Å². The zero-order valence-corrected chi connectivity index (χ0v) is 24.0. The normalized spacial score (nSPS) is 13.7. The van der Waals surface area contributed by atoms with Crippen molar-refractivity contribution in [2.45, 2.75) is 76.9 Å². The summed E-state index contributed by atoms with van der Waals surface area (Å²) in [7, 11) is 0. The van der Waals surface area contributed by atoms with E-state index in [-0.39, 0.29) is 24.8 Å². The van der Waals surface area contributed by atoms with Crippen LogP contribution in [0.3, 0.4) is 0 Å². The molecule has 0 aromatic carbocycles. The average Bonchev–Trinajstić information content (AvgIpc) is 3.07. The lowest BCUT2D eigenvalue weighted by atomic mass is 10.1. The van der Waals surface area contributed by atoms with Gasteiger partial charge < -0.3 is 9.29 Å². The van der Waals surface area contributed by atoms with Crippen molar-refractivity contribution in [3.8, 4) is 0 Å². The highest BCUT2D eigenvalue weighted by atomic mass is 79.9. The number of rotatable bonds is 10. The minimum absolute atomic E-state index is 0.192. The molecule has 12 heteroatoms. The van der Waals surface area contributed by atoms with Gasteiger partial charge in [0.25, 0.3) is 5.56 Å². The molecule has 184 valence electrons. The van der Waals surface area contributed by atoms with Crippen molar-refractivity contribution >= 4 is 56.4 Å². The number of nitrogens with zero attached hydrogens (tertiary/aromatic N) is 3. The summed E-state index contributed by atoms with van der Waals surface area (Å²) in [4.78, 5) is 35.1. The number of ether oxygens (including phenoxy) is 1. The molecule has 2 aromatic heterocycles. The van der Waals surface area contributed by atoms with Crippen LogP contribution in [0.1, 0.15) is 61.4 Å². The summed E-state index contributed by atoms with van der Waals surface area (Å²) in [5, 5.41) is 1.39. The van der Waals surface area contributed by atoms with Crippen LogP contribution in [0.5, 0.6) is 0 Å². The Bertz CT molecular complexity index is 1040. The molecule has 0 amide bonds. The fourth-order valence-electron chi connectivity index (χ4n) is 3.05. The van der Waals surface area contributed by atoms with Gasteiger partial charge in [-0.1, -0.05) is 11.8 Å². The highest BCUT2D eigenvalue weighted by Crippen LogP contribution is 2.31. The third-order valence-corrected chi connectivity index (χ3v) is 8.93. The first-order valence-electron chi connectivity index (χ1n) is 10.5. The van der Waals surface area contributed by atoms with Crippen LogP contribution in [0.4, 0.5) is 0 Å². The number of aryl methyl sites for hydroxylation is 3. The second kappa shape index (κ2) is 12.2. The second-order valence-electron chi connectivity index (χ2n) is 8.33. The number of aromatic nitrogens is 3. The number of nitrogens with one attached hydrogen (secondary N) is 1. The summed E-state index contributed by atoms with van der Waals surface area (Å²) in [6.45, 7) is 11.4. The Hall–Kier alpha value is -0.920. The number of hydrogen-bond donors (Lipinski definition) is 1. The molecule has 33 heavy (non-hydrogen) atoms. The first-order chi connectivity index (χ1) is 15.4. The van der Waals surface area contributed by atoms with Gasteiger partial charge in [-0.25, -0.2) is 9.97 Å². The minimum Gasteiger partial charge on any atom is -0.598 e. The van der Waals surface area contributed by atoms with E-state index >= 15 is 0 Å². The Morgan fingerprint density at radius 2 is 2.03 bits per heavy atom. The maximum atomic E-state index is 13.0. The average molecular weight is 580 g/mol. The van der Waals surface area contributed by atoms with Gasteiger partial charge in [0.1, 0.15) is 15.8 Å². The standard InChI is InChI=1S/C21H31BrN4O4S3/c1-8-30-16(27)11-26-19(28)17(22)14(24-20(26)31-7)9-10-15(25-33(29)21(4,5)6)18-12(2)23-13(3)32-18/h15,25H,8-11H2,1-7H3. The number of thioether (sulfide) groups is 1. The van der Waals surface area contributed by atoms with Crippen LogP contribution >= 0.6 is 39.0 Å². The van der Waals surface area contributed by atoms with Gasteiger partial charge in [-0.3, -0.25) is 14.2 Å². The highest BCUT2D eigenvalue weighted by molar-refractivity contribution is 9.10. The molecule has 0 fully saturated rings. The molecule has 0 aliphatic rings. The molecule has 2 unspecified atom stereocenters. The molecule has 0 spiro atoms. The van der Waals surface area contributed by atoms with Crippen molar-refractivity contribution in [3.63, 3.8) is 0 Å². The van der Waals surface area contributed by atoms with Crippen LogP contribution in [-0.2, 0) is 33.9 Å². The molecular weight excluding hydrogens is 548 g/mol. The second-order valence-corrected chi connectivity index (χ2v) is 13.1. The van der Waals surface area contributed by atoms with E-state index in [0.29, 0.717) is 28.2 Å². The maximum absolute atomic E-state index is 13.0. The van der Waals surface area contributed by atoms with E-state index in [2.05, 4.69) is 30.6 Å². The zero-order valence-electron chi connectivity index (χ0n) is 20.0. The molecule has 2 rings (SSSR count). The lowest BCUT2D eigenvalue weighted by Crippen LogP contribution is -2.41. The third-order valence-electron chi connectivity index (χ3n) is 4.65. The Labute approximate surface area is 214 Å². The molecule has 2 heterocycles. The fourth-order valence-corrected chi connectivity index (χ4v) is 6.06. The maximum Gasteiger partial charge on any atom is 0.326 e. The minimum atomic E-state index is -1.28. The van der Waals surface area contributed by atoms with Gasteiger partial charge in [0.05, 0.1) is 29.0 Å². The molecule has 0 radical (unpaired) electrons. The molecule has 2 atom stereocenters. The van der Waals surface area contributed by atoms with E-state index in [0.717, 1.165) is 15.6 Å². The summed E-state index contributed by atoms with van der Waals surface area (Å²) in [6, 6.07) is -0.204. The Morgan fingerprint density at radius 1 is 1.36 bits per heavy atom. The molecular formula is C21H31BrN4O4S3. The highest BCUT2D eigenvalue weighted by Gasteiger charge is 2.31. The zero-order chi connectivity index (χ0) is 24.9. The van der Waals surface area contributed by atoms with Crippen molar-refractivity contribution in [2.24, 2.45) is 0 Å². The predicted molar refractivity (Wildman–Crippen MR) is 138 cm³/mol. The number of carbonyl (C=O) groups is 1. The summed E-state index contributed by atoms with van der Waals surface area (Å²) < 4.78 is 22.3. The van der Waals surface area contributed by atoms with Crippen LogP contribution in [-0.4, -0.2) is 42.7 Å². The summed E-state index contributed by atoms with van der Waals surface area (Å²) in [5.41, 5.74) is 1.17. The summed E-state index contributed by atoms with van der Waals surface area (Å²) >= 11 is 4.98. The van der Waals surface area contributed by atoms with Crippen LogP contribution in [0, 0.1) is 13.8 Å². The van der Waals surface area contributed by atoms with E-state index in [1.807, 2.05) is 34.6 Å². The van der Waals surface area contributed by atoms with Crippen LogP contribution < -0.4 is 10.3 Å². The van der Waals surface area contributed by atoms with Crippen LogP contribution in [0.2, 0.25) is 0 Å². The third kappa shape index (κ3) is 7.53. The van der Waals surface area contributed by atoms with E-state index in [4.69, 9.17) is 4.74 Å². The van der Waals surface area contributed by atoms with Gasteiger partial charge in [0.2, 0.25) is 0 Å². The van der Waals surface area contributed by atoms with Crippen molar-refractivity contribution in [1.29, 1.82) is 0 Å². The smallest absolute Gasteiger partial charge is 0.326 e. The van der Waals surface area contributed by atoms with Crippen molar-refractivity contribution in [3.05, 3.63) is 36.1 Å². The molecule has 8 nitrogen and oxygen atoms in total. The largest absolute Gasteiger partial charge is 0.598 e. The van der Waals surface area contributed by atoms with Gasteiger partial charge in [0.15, 0.2) is 5.16 Å². The number of halogens is 1. The van der Waals surface area contributed by atoms with Crippen LogP contribution in [0.15, 0.2) is 14.4 Å². The Kier molecular flexibility index (Phi) is 10.4. The lowest BCUT2D eigenvalue weighted by Gasteiger charge is -2.28. The summed E-state index contributed by atoms with van der Waals surface area (Å²) in [5.74, 6) is -0.485. The van der Waals surface area contributed by atoms with E-state index in [1.54, 1.807) is 24.5 Å².